The van der Waals surface area contributed by atoms with Gasteiger partial charge >= 0.3 is 5.97 Å². The molecular formula is C18H16FN3O3. The van der Waals surface area contributed by atoms with E-state index in [1.54, 1.807) is 35.1 Å². The summed E-state index contributed by atoms with van der Waals surface area (Å²) in [7, 11) is 1.27. The highest BCUT2D eigenvalue weighted by Gasteiger charge is 2.22. The normalized spacial score (nSPS) is 11.9. The molecule has 0 saturated heterocycles. The third kappa shape index (κ3) is 3.65. The molecule has 2 aromatic heterocycles. The molecule has 0 radical (unpaired) electrons. The Kier molecular flexibility index (Phi) is 4.74. The van der Waals surface area contributed by atoms with Crippen LogP contribution in [0.1, 0.15) is 21.8 Å². The van der Waals surface area contributed by atoms with Crippen molar-refractivity contribution in [3.05, 3.63) is 71.9 Å². The molecule has 7 heteroatoms. The van der Waals surface area contributed by atoms with Crippen molar-refractivity contribution in [1.29, 1.82) is 0 Å². The number of aromatic nitrogens is 2. The predicted octanol–water partition coefficient (Wildman–Crippen LogP) is 2.16. The summed E-state index contributed by atoms with van der Waals surface area (Å²) in [6.45, 7) is 0.0408. The average molecular weight is 341 g/mol. The van der Waals surface area contributed by atoms with Gasteiger partial charge in [-0.05, 0) is 29.8 Å². The van der Waals surface area contributed by atoms with Crippen LogP contribution in [0.3, 0.4) is 0 Å². The maximum Gasteiger partial charge on any atom is 0.314 e. The van der Waals surface area contributed by atoms with E-state index in [0.29, 0.717) is 11.1 Å². The minimum Gasteiger partial charge on any atom is -0.468 e. The quantitative estimate of drug-likeness (QED) is 0.722. The number of hydrogen-bond donors (Lipinski definition) is 1. The number of fused-ring (bicyclic) bond motifs is 1. The van der Waals surface area contributed by atoms with Gasteiger partial charge in [0, 0.05) is 25.1 Å². The number of benzene rings is 1. The number of carbonyl (C=O) groups excluding carboxylic acids is 2. The van der Waals surface area contributed by atoms with Crippen molar-refractivity contribution in [3.63, 3.8) is 0 Å². The molecule has 0 aliphatic rings. The molecule has 0 spiro atoms. The minimum absolute atomic E-state index is 0.0408. The summed E-state index contributed by atoms with van der Waals surface area (Å²) in [4.78, 5) is 28.5. The van der Waals surface area contributed by atoms with Crippen molar-refractivity contribution in [2.24, 2.45) is 0 Å². The van der Waals surface area contributed by atoms with Gasteiger partial charge in [0.05, 0.1) is 18.6 Å². The number of nitrogens with one attached hydrogen (secondary N) is 1. The molecule has 6 nitrogen and oxygen atoms in total. The number of esters is 1. The number of amides is 1. The standard InChI is InChI=1S/C18H16FN3O3/c1-25-18(24)15(12-2-5-14(19)6-3-12)10-21-17(23)13-4-7-16-20-8-9-22(16)11-13/h2-9,11,15H,10H2,1H3,(H,21,23)/t15-/m0/s1. The molecule has 3 aromatic rings. The third-order valence-corrected chi connectivity index (χ3v) is 3.88. The molecule has 0 saturated carbocycles. The van der Waals surface area contributed by atoms with Gasteiger partial charge in [0.2, 0.25) is 0 Å². The lowest BCUT2D eigenvalue weighted by atomic mass is 9.99. The van der Waals surface area contributed by atoms with Crippen LogP contribution in [-0.4, -0.2) is 34.9 Å². The van der Waals surface area contributed by atoms with E-state index in [1.165, 1.54) is 31.4 Å². The summed E-state index contributed by atoms with van der Waals surface area (Å²) in [5.41, 5.74) is 1.74. The van der Waals surface area contributed by atoms with E-state index >= 15 is 0 Å². The Morgan fingerprint density at radius 2 is 2.00 bits per heavy atom. The Morgan fingerprint density at radius 1 is 1.24 bits per heavy atom. The molecule has 1 N–H and O–H groups in total. The second-order valence-electron chi connectivity index (χ2n) is 5.45. The van der Waals surface area contributed by atoms with Gasteiger partial charge in [-0.3, -0.25) is 9.59 Å². The molecule has 0 aliphatic carbocycles. The molecule has 128 valence electrons. The Bertz CT molecular complexity index is 905. The number of methoxy groups -OCH3 is 1. The van der Waals surface area contributed by atoms with Gasteiger partial charge in [-0.25, -0.2) is 9.37 Å². The van der Waals surface area contributed by atoms with Crippen LogP contribution in [0.4, 0.5) is 4.39 Å². The van der Waals surface area contributed by atoms with Gasteiger partial charge < -0.3 is 14.5 Å². The smallest absolute Gasteiger partial charge is 0.314 e. The monoisotopic (exact) mass is 341 g/mol. The zero-order chi connectivity index (χ0) is 17.8. The predicted molar refractivity (Wildman–Crippen MR) is 88.7 cm³/mol. The summed E-state index contributed by atoms with van der Waals surface area (Å²) in [6, 6.07) is 8.91. The molecule has 0 fully saturated rings. The fourth-order valence-electron chi connectivity index (χ4n) is 2.53. The van der Waals surface area contributed by atoms with Crippen molar-refractivity contribution in [3.8, 4) is 0 Å². The highest BCUT2D eigenvalue weighted by molar-refractivity contribution is 5.94. The second-order valence-corrected chi connectivity index (χ2v) is 5.45. The number of rotatable bonds is 5. The first-order valence-electron chi connectivity index (χ1n) is 7.62. The second kappa shape index (κ2) is 7.12. The van der Waals surface area contributed by atoms with Gasteiger partial charge in [-0.2, -0.15) is 0 Å². The first-order valence-corrected chi connectivity index (χ1v) is 7.62. The maximum absolute atomic E-state index is 13.1. The minimum atomic E-state index is -0.716. The number of imidazole rings is 1. The molecule has 0 bridgehead atoms. The van der Waals surface area contributed by atoms with Crippen molar-refractivity contribution in [1.82, 2.24) is 14.7 Å². The maximum atomic E-state index is 13.1. The molecule has 3 rings (SSSR count). The molecule has 1 atom stereocenters. The zero-order valence-corrected chi connectivity index (χ0v) is 13.5. The summed E-state index contributed by atoms with van der Waals surface area (Å²) in [5, 5.41) is 2.72. The van der Waals surface area contributed by atoms with Crippen LogP contribution in [0.25, 0.3) is 5.65 Å². The lowest BCUT2D eigenvalue weighted by Crippen LogP contribution is -2.32. The van der Waals surface area contributed by atoms with Crippen LogP contribution in [0.5, 0.6) is 0 Å². The third-order valence-electron chi connectivity index (χ3n) is 3.88. The topological polar surface area (TPSA) is 72.7 Å². The van der Waals surface area contributed by atoms with Crippen LogP contribution in [0.2, 0.25) is 0 Å². The van der Waals surface area contributed by atoms with E-state index in [9.17, 15) is 14.0 Å². The van der Waals surface area contributed by atoms with E-state index in [4.69, 9.17) is 4.74 Å². The molecule has 1 aromatic carbocycles. The fourth-order valence-corrected chi connectivity index (χ4v) is 2.53. The molecule has 1 amide bonds. The summed E-state index contributed by atoms with van der Waals surface area (Å²) in [5.74, 6) is -1.94. The summed E-state index contributed by atoms with van der Waals surface area (Å²) >= 11 is 0. The summed E-state index contributed by atoms with van der Waals surface area (Å²) in [6.07, 6.45) is 5.03. The van der Waals surface area contributed by atoms with Gasteiger partial charge in [-0.15, -0.1) is 0 Å². The Labute approximate surface area is 143 Å². The lowest BCUT2D eigenvalue weighted by Gasteiger charge is -2.16. The van der Waals surface area contributed by atoms with Crippen LogP contribution >= 0.6 is 0 Å². The number of nitrogens with zero attached hydrogens (tertiary/aromatic N) is 2. The lowest BCUT2D eigenvalue weighted by molar-refractivity contribution is -0.142. The fraction of sp³-hybridized carbons (Fsp3) is 0.167. The number of carbonyl (C=O) groups is 2. The van der Waals surface area contributed by atoms with Crippen molar-refractivity contribution in [2.45, 2.75) is 5.92 Å². The van der Waals surface area contributed by atoms with Crippen LogP contribution < -0.4 is 5.32 Å². The largest absolute Gasteiger partial charge is 0.468 e. The number of pyridine rings is 1. The molecule has 0 aliphatic heterocycles. The van der Waals surface area contributed by atoms with Gasteiger partial charge in [-0.1, -0.05) is 12.1 Å². The zero-order valence-electron chi connectivity index (χ0n) is 13.5. The first kappa shape index (κ1) is 16.6. The molecular weight excluding hydrogens is 325 g/mol. The first-order chi connectivity index (χ1) is 12.1. The van der Waals surface area contributed by atoms with Gasteiger partial charge in [0.1, 0.15) is 11.5 Å². The number of halogens is 1. The molecule has 25 heavy (non-hydrogen) atoms. The van der Waals surface area contributed by atoms with E-state index in [1.807, 2.05) is 0 Å². The highest BCUT2D eigenvalue weighted by atomic mass is 19.1. The van der Waals surface area contributed by atoms with E-state index in [2.05, 4.69) is 10.3 Å². The molecule has 0 unspecified atom stereocenters. The van der Waals surface area contributed by atoms with Crippen molar-refractivity contribution >= 4 is 17.5 Å². The molecule has 2 heterocycles. The Hall–Kier alpha value is -3.22. The van der Waals surface area contributed by atoms with E-state index in [-0.39, 0.29) is 12.5 Å². The van der Waals surface area contributed by atoms with E-state index in [0.717, 1.165) is 5.65 Å². The van der Waals surface area contributed by atoms with Crippen LogP contribution in [0.15, 0.2) is 55.0 Å². The average Bonchev–Trinajstić information content (AvgIpc) is 3.10. The Morgan fingerprint density at radius 3 is 2.72 bits per heavy atom. The number of hydrogen-bond acceptors (Lipinski definition) is 4. The highest BCUT2D eigenvalue weighted by Crippen LogP contribution is 2.17. The van der Waals surface area contributed by atoms with Crippen molar-refractivity contribution in [2.75, 3.05) is 13.7 Å². The van der Waals surface area contributed by atoms with Crippen molar-refractivity contribution < 1.29 is 18.7 Å². The van der Waals surface area contributed by atoms with Crippen LogP contribution in [0, 0.1) is 5.82 Å². The Balaban J connectivity index is 1.74. The summed E-state index contributed by atoms with van der Waals surface area (Å²) < 4.78 is 19.6. The van der Waals surface area contributed by atoms with Gasteiger partial charge in [0.25, 0.3) is 5.91 Å². The van der Waals surface area contributed by atoms with E-state index < -0.39 is 17.7 Å². The SMILES string of the molecule is COC(=O)[C@@H](CNC(=O)c1ccc2nccn2c1)c1ccc(F)cc1. The number of ether oxygens (including phenoxy) is 1. The van der Waals surface area contributed by atoms with Crippen LogP contribution in [-0.2, 0) is 9.53 Å². The van der Waals surface area contributed by atoms with Gasteiger partial charge in [0.15, 0.2) is 0 Å².